The second-order valence-corrected chi connectivity index (χ2v) is 4.53. The van der Waals surface area contributed by atoms with Crippen molar-refractivity contribution in [3.63, 3.8) is 0 Å². The number of benzene rings is 1. The van der Waals surface area contributed by atoms with Crippen LogP contribution in [-0.4, -0.2) is 16.1 Å². The molecule has 0 aliphatic heterocycles. The average molecular weight is 231 g/mol. The number of imidazole rings is 1. The Bertz CT molecular complexity index is 509. The molecule has 0 fully saturated rings. The normalized spacial score (nSPS) is 13.2. The standard InChI is InChI=1S/C14H21N3/c1-4-10(9-15)11-6-7-12-13(8-11)17(3)14(5-2)16-12/h6-8,10H,4-5,9,15H2,1-3H3. The van der Waals surface area contributed by atoms with Crippen molar-refractivity contribution >= 4 is 11.0 Å². The lowest BCUT2D eigenvalue weighted by Gasteiger charge is -2.12. The summed E-state index contributed by atoms with van der Waals surface area (Å²) in [5.74, 6) is 1.59. The van der Waals surface area contributed by atoms with E-state index in [4.69, 9.17) is 5.73 Å². The SMILES string of the molecule is CCc1nc2ccc(C(CC)CN)cc2n1C. The first-order valence-electron chi connectivity index (χ1n) is 6.36. The zero-order chi connectivity index (χ0) is 12.4. The van der Waals surface area contributed by atoms with Crippen LogP contribution in [0, 0.1) is 0 Å². The van der Waals surface area contributed by atoms with Gasteiger partial charge in [-0.1, -0.05) is 19.9 Å². The first kappa shape index (κ1) is 12.1. The predicted molar refractivity (Wildman–Crippen MR) is 72.2 cm³/mol. The van der Waals surface area contributed by atoms with E-state index in [1.165, 1.54) is 11.1 Å². The van der Waals surface area contributed by atoms with Crippen LogP contribution in [0.3, 0.4) is 0 Å². The number of rotatable bonds is 4. The third kappa shape index (κ3) is 2.07. The fourth-order valence-corrected chi connectivity index (χ4v) is 2.37. The van der Waals surface area contributed by atoms with Gasteiger partial charge in [-0.15, -0.1) is 0 Å². The first-order chi connectivity index (χ1) is 8.21. The lowest BCUT2D eigenvalue weighted by Crippen LogP contribution is -2.11. The van der Waals surface area contributed by atoms with Crippen LogP contribution in [-0.2, 0) is 13.5 Å². The molecule has 0 saturated carbocycles. The molecule has 0 amide bonds. The minimum absolute atomic E-state index is 0.458. The molecule has 3 heteroatoms. The number of fused-ring (bicyclic) bond motifs is 1. The van der Waals surface area contributed by atoms with E-state index < -0.39 is 0 Å². The van der Waals surface area contributed by atoms with Gasteiger partial charge in [0.25, 0.3) is 0 Å². The van der Waals surface area contributed by atoms with Crippen LogP contribution in [0.2, 0.25) is 0 Å². The third-order valence-electron chi connectivity index (χ3n) is 3.56. The van der Waals surface area contributed by atoms with Crippen LogP contribution in [0.5, 0.6) is 0 Å². The van der Waals surface area contributed by atoms with Gasteiger partial charge in [0.2, 0.25) is 0 Å². The van der Waals surface area contributed by atoms with Crippen molar-refractivity contribution in [2.24, 2.45) is 12.8 Å². The van der Waals surface area contributed by atoms with E-state index in [1.807, 2.05) is 0 Å². The number of nitrogens with two attached hydrogens (primary N) is 1. The van der Waals surface area contributed by atoms with Gasteiger partial charge in [-0.05, 0) is 36.6 Å². The van der Waals surface area contributed by atoms with Crippen LogP contribution in [0.4, 0.5) is 0 Å². The summed E-state index contributed by atoms with van der Waals surface area (Å²) in [4.78, 5) is 4.61. The molecule has 1 atom stereocenters. The van der Waals surface area contributed by atoms with Crippen LogP contribution in [0.25, 0.3) is 11.0 Å². The summed E-state index contributed by atoms with van der Waals surface area (Å²) >= 11 is 0. The van der Waals surface area contributed by atoms with E-state index in [0.29, 0.717) is 12.5 Å². The van der Waals surface area contributed by atoms with Gasteiger partial charge in [-0.2, -0.15) is 0 Å². The van der Waals surface area contributed by atoms with Crippen molar-refractivity contribution < 1.29 is 0 Å². The maximum absolute atomic E-state index is 5.81. The van der Waals surface area contributed by atoms with Gasteiger partial charge < -0.3 is 10.3 Å². The summed E-state index contributed by atoms with van der Waals surface area (Å²) < 4.78 is 2.18. The second-order valence-electron chi connectivity index (χ2n) is 4.53. The van der Waals surface area contributed by atoms with E-state index in [2.05, 4.69) is 48.6 Å². The fraction of sp³-hybridized carbons (Fsp3) is 0.500. The van der Waals surface area contributed by atoms with Crippen LogP contribution in [0.1, 0.15) is 37.6 Å². The molecule has 0 bridgehead atoms. The van der Waals surface area contributed by atoms with Crippen LogP contribution < -0.4 is 5.73 Å². The minimum Gasteiger partial charge on any atom is -0.331 e. The van der Waals surface area contributed by atoms with Gasteiger partial charge in [0, 0.05) is 13.5 Å². The number of hydrogen-bond acceptors (Lipinski definition) is 2. The van der Waals surface area contributed by atoms with Crippen molar-refractivity contribution in [2.45, 2.75) is 32.6 Å². The summed E-state index contributed by atoms with van der Waals surface area (Å²) in [5, 5.41) is 0. The van der Waals surface area contributed by atoms with Crippen molar-refractivity contribution in [1.29, 1.82) is 0 Å². The quantitative estimate of drug-likeness (QED) is 0.879. The van der Waals surface area contributed by atoms with Crippen LogP contribution >= 0.6 is 0 Å². The van der Waals surface area contributed by atoms with Crippen molar-refractivity contribution in [2.75, 3.05) is 6.54 Å². The highest BCUT2D eigenvalue weighted by Crippen LogP contribution is 2.23. The van der Waals surface area contributed by atoms with E-state index in [0.717, 1.165) is 24.2 Å². The highest BCUT2D eigenvalue weighted by atomic mass is 15.1. The first-order valence-corrected chi connectivity index (χ1v) is 6.36. The van der Waals surface area contributed by atoms with Gasteiger partial charge in [0.15, 0.2) is 0 Å². The molecule has 1 unspecified atom stereocenters. The summed E-state index contributed by atoms with van der Waals surface area (Å²) in [6.07, 6.45) is 2.05. The molecule has 0 aliphatic rings. The molecule has 17 heavy (non-hydrogen) atoms. The third-order valence-corrected chi connectivity index (χ3v) is 3.56. The van der Waals surface area contributed by atoms with Gasteiger partial charge in [-0.25, -0.2) is 4.98 Å². The molecule has 92 valence electrons. The molecule has 1 heterocycles. The largest absolute Gasteiger partial charge is 0.331 e. The van der Waals surface area contributed by atoms with Gasteiger partial charge >= 0.3 is 0 Å². The Labute approximate surface area is 103 Å². The topological polar surface area (TPSA) is 43.8 Å². The van der Waals surface area contributed by atoms with E-state index in [9.17, 15) is 0 Å². The Hall–Kier alpha value is -1.35. The van der Waals surface area contributed by atoms with E-state index in [-0.39, 0.29) is 0 Å². The average Bonchev–Trinajstić information content (AvgIpc) is 2.68. The summed E-state index contributed by atoms with van der Waals surface area (Å²) in [6.45, 7) is 5.03. The molecule has 1 aromatic heterocycles. The fourth-order valence-electron chi connectivity index (χ4n) is 2.37. The Morgan fingerprint density at radius 3 is 2.71 bits per heavy atom. The monoisotopic (exact) mass is 231 g/mol. The number of nitrogens with zero attached hydrogens (tertiary/aromatic N) is 2. The smallest absolute Gasteiger partial charge is 0.109 e. The highest BCUT2D eigenvalue weighted by molar-refractivity contribution is 5.77. The highest BCUT2D eigenvalue weighted by Gasteiger charge is 2.11. The molecule has 2 rings (SSSR count). The summed E-state index contributed by atoms with van der Waals surface area (Å²) in [7, 11) is 2.08. The lowest BCUT2D eigenvalue weighted by molar-refractivity contribution is 0.675. The molecule has 0 aliphatic carbocycles. The lowest BCUT2D eigenvalue weighted by atomic mass is 9.96. The number of aryl methyl sites for hydroxylation is 2. The van der Waals surface area contributed by atoms with E-state index in [1.54, 1.807) is 0 Å². The minimum atomic E-state index is 0.458. The number of hydrogen-bond donors (Lipinski definition) is 1. The molecule has 2 aromatic rings. The van der Waals surface area contributed by atoms with Gasteiger partial charge in [0.1, 0.15) is 5.82 Å². The molecular weight excluding hydrogens is 210 g/mol. The molecule has 0 saturated heterocycles. The van der Waals surface area contributed by atoms with Crippen molar-refractivity contribution in [3.05, 3.63) is 29.6 Å². The zero-order valence-corrected chi connectivity index (χ0v) is 10.9. The summed E-state index contributed by atoms with van der Waals surface area (Å²) in [5.41, 5.74) is 9.43. The molecular formula is C14H21N3. The Morgan fingerprint density at radius 1 is 1.35 bits per heavy atom. The predicted octanol–water partition coefficient (Wildman–Crippen LogP) is 2.59. The van der Waals surface area contributed by atoms with Crippen molar-refractivity contribution in [1.82, 2.24) is 9.55 Å². The summed E-state index contributed by atoms with van der Waals surface area (Å²) in [6, 6.07) is 6.51. The molecule has 2 N–H and O–H groups in total. The number of aromatic nitrogens is 2. The van der Waals surface area contributed by atoms with Crippen LogP contribution in [0.15, 0.2) is 18.2 Å². The Balaban J connectivity index is 2.52. The zero-order valence-electron chi connectivity index (χ0n) is 10.9. The molecule has 0 radical (unpaired) electrons. The van der Waals surface area contributed by atoms with Gasteiger partial charge in [0.05, 0.1) is 11.0 Å². The molecule has 1 aromatic carbocycles. The van der Waals surface area contributed by atoms with Crippen molar-refractivity contribution in [3.8, 4) is 0 Å². The van der Waals surface area contributed by atoms with Gasteiger partial charge in [-0.3, -0.25) is 0 Å². The molecule has 3 nitrogen and oxygen atoms in total. The maximum atomic E-state index is 5.81. The molecule has 0 spiro atoms. The maximum Gasteiger partial charge on any atom is 0.109 e. The van der Waals surface area contributed by atoms with E-state index >= 15 is 0 Å². The Kier molecular flexibility index (Phi) is 3.48. The second kappa shape index (κ2) is 4.88. The Morgan fingerprint density at radius 2 is 2.12 bits per heavy atom.